The number of nitrogens with zero attached hydrogens (tertiary/aromatic N) is 5. The van der Waals surface area contributed by atoms with Gasteiger partial charge in [-0.1, -0.05) is 11.9 Å². The lowest BCUT2D eigenvalue weighted by molar-refractivity contribution is -0.394. The molecule has 0 saturated heterocycles. The molecule has 0 amide bonds. The average molecular weight is 262 g/mol. The molecular formula is C11H14N6O2. The van der Waals surface area contributed by atoms with Crippen molar-refractivity contribution in [1.29, 1.82) is 0 Å². The molecule has 2 rings (SSSR count). The molecule has 2 heterocycles. The van der Waals surface area contributed by atoms with Crippen LogP contribution in [0, 0.1) is 10.1 Å². The molecule has 1 N–H and O–H groups in total. The summed E-state index contributed by atoms with van der Waals surface area (Å²) in [6.45, 7) is 3.32. The normalized spacial score (nSPS) is 10.4. The van der Waals surface area contributed by atoms with Crippen LogP contribution in [0.2, 0.25) is 0 Å². The van der Waals surface area contributed by atoms with Gasteiger partial charge in [-0.3, -0.25) is 4.98 Å². The van der Waals surface area contributed by atoms with E-state index in [1.807, 2.05) is 12.1 Å². The molecule has 0 bridgehead atoms. The number of pyridine rings is 1. The Kier molecular flexibility index (Phi) is 4.01. The van der Waals surface area contributed by atoms with E-state index in [0.717, 1.165) is 24.3 Å². The van der Waals surface area contributed by atoms with Crippen molar-refractivity contribution < 1.29 is 4.92 Å². The molecule has 0 aliphatic carbocycles. The molecule has 19 heavy (non-hydrogen) atoms. The van der Waals surface area contributed by atoms with Gasteiger partial charge >= 0.3 is 5.95 Å². The second-order valence-electron chi connectivity index (χ2n) is 3.96. The average Bonchev–Trinajstić information content (AvgIpc) is 2.85. The van der Waals surface area contributed by atoms with Gasteiger partial charge < -0.3 is 15.4 Å². The van der Waals surface area contributed by atoms with Crippen LogP contribution in [-0.4, -0.2) is 31.2 Å². The number of aromatic nitrogens is 4. The summed E-state index contributed by atoms with van der Waals surface area (Å²) in [5.41, 5.74) is 1.74. The Bertz CT molecular complexity index is 568. The third-order valence-electron chi connectivity index (χ3n) is 2.41. The first-order chi connectivity index (χ1) is 9.19. The van der Waals surface area contributed by atoms with E-state index in [4.69, 9.17) is 0 Å². The smallest absolute Gasteiger partial charge is 0.390 e. The Morgan fingerprint density at radius 1 is 1.47 bits per heavy atom. The van der Waals surface area contributed by atoms with Crippen LogP contribution in [0.5, 0.6) is 0 Å². The van der Waals surface area contributed by atoms with E-state index in [0.29, 0.717) is 6.54 Å². The minimum absolute atomic E-state index is 0.350. The van der Waals surface area contributed by atoms with Crippen molar-refractivity contribution in [3.63, 3.8) is 0 Å². The molecule has 0 radical (unpaired) electrons. The van der Waals surface area contributed by atoms with Crippen molar-refractivity contribution in [2.24, 2.45) is 0 Å². The molecule has 0 unspecified atom stereocenters. The van der Waals surface area contributed by atoms with Gasteiger partial charge in [-0.2, -0.15) is 4.68 Å². The van der Waals surface area contributed by atoms with E-state index in [1.165, 1.54) is 11.0 Å². The fourth-order valence-electron chi connectivity index (χ4n) is 1.55. The number of nitro groups is 1. The zero-order valence-corrected chi connectivity index (χ0v) is 10.5. The molecule has 8 heteroatoms. The number of anilines is 1. The maximum Gasteiger partial charge on any atom is 0.490 e. The quantitative estimate of drug-likeness (QED) is 0.625. The van der Waals surface area contributed by atoms with Gasteiger partial charge in [0.25, 0.3) is 0 Å². The molecule has 0 fully saturated rings. The third kappa shape index (κ3) is 3.47. The molecule has 2 aromatic heterocycles. The second-order valence-corrected chi connectivity index (χ2v) is 3.96. The zero-order chi connectivity index (χ0) is 13.7. The van der Waals surface area contributed by atoms with Crippen molar-refractivity contribution in [2.75, 3.05) is 11.9 Å². The van der Waals surface area contributed by atoms with E-state index in [1.54, 1.807) is 6.20 Å². The lowest BCUT2D eigenvalue weighted by Crippen LogP contribution is -2.05. The first kappa shape index (κ1) is 12.9. The van der Waals surface area contributed by atoms with Gasteiger partial charge in [0, 0.05) is 23.5 Å². The van der Waals surface area contributed by atoms with Gasteiger partial charge in [-0.05, 0) is 23.5 Å². The summed E-state index contributed by atoms with van der Waals surface area (Å²) < 4.78 is 1.39. The minimum Gasteiger partial charge on any atom is -0.390 e. The topological polar surface area (TPSA) is 98.8 Å². The zero-order valence-electron chi connectivity index (χ0n) is 10.5. The van der Waals surface area contributed by atoms with Gasteiger partial charge in [0.05, 0.1) is 5.69 Å². The van der Waals surface area contributed by atoms with Crippen molar-refractivity contribution in [1.82, 2.24) is 19.7 Å². The maximum atomic E-state index is 10.5. The molecule has 0 spiro atoms. The van der Waals surface area contributed by atoms with Crippen molar-refractivity contribution in [3.05, 3.63) is 40.5 Å². The molecule has 0 aliphatic rings. The van der Waals surface area contributed by atoms with Crippen LogP contribution >= 0.6 is 0 Å². The lowest BCUT2D eigenvalue weighted by Gasteiger charge is -2.05. The molecule has 0 saturated carbocycles. The van der Waals surface area contributed by atoms with Crippen molar-refractivity contribution in [2.45, 2.75) is 19.9 Å². The molecule has 0 atom stereocenters. The highest BCUT2D eigenvalue weighted by Gasteiger charge is 2.13. The largest absolute Gasteiger partial charge is 0.490 e. The summed E-state index contributed by atoms with van der Waals surface area (Å²) in [6, 6.07) is 3.77. The van der Waals surface area contributed by atoms with Crippen LogP contribution in [0.1, 0.15) is 19.0 Å². The fourth-order valence-corrected chi connectivity index (χ4v) is 1.55. The highest BCUT2D eigenvalue weighted by atomic mass is 16.6. The minimum atomic E-state index is -0.622. The molecule has 0 aliphatic heterocycles. The van der Waals surface area contributed by atoms with Crippen LogP contribution in [-0.2, 0) is 6.54 Å². The Labute approximate surface area is 109 Å². The molecular weight excluding hydrogens is 248 g/mol. The van der Waals surface area contributed by atoms with Gasteiger partial charge in [-0.25, -0.2) is 0 Å². The van der Waals surface area contributed by atoms with Crippen LogP contribution in [0.3, 0.4) is 0 Å². The number of hydrogen-bond acceptors (Lipinski definition) is 6. The van der Waals surface area contributed by atoms with Gasteiger partial charge in [0.15, 0.2) is 0 Å². The third-order valence-corrected chi connectivity index (χ3v) is 2.41. The van der Waals surface area contributed by atoms with E-state index in [9.17, 15) is 10.1 Å². The lowest BCUT2D eigenvalue weighted by atomic mass is 10.3. The van der Waals surface area contributed by atoms with Crippen LogP contribution in [0.25, 0.3) is 0 Å². The Balaban J connectivity index is 2.07. The summed E-state index contributed by atoms with van der Waals surface area (Å²) >= 11 is 0. The Hall–Kier alpha value is -2.51. The van der Waals surface area contributed by atoms with Crippen molar-refractivity contribution in [3.8, 4) is 0 Å². The predicted molar refractivity (Wildman–Crippen MR) is 68.8 cm³/mol. The van der Waals surface area contributed by atoms with E-state index in [2.05, 4.69) is 27.3 Å². The highest BCUT2D eigenvalue weighted by molar-refractivity contribution is 5.43. The number of nitrogens with one attached hydrogen (secondary N) is 1. The summed E-state index contributed by atoms with van der Waals surface area (Å²) in [5, 5.41) is 17.5. The summed E-state index contributed by atoms with van der Waals surface area (Å²) in [4.78, 5) is 17.7. The molecule has 8 nitrogen and oxygen atoms in total. The van der Waals surface area contributed by atoms with Gasteiger partial charge in [-0.15, -0.1) is 0 Å². The van der Waals surface area contributed by atoms with Crippen LogP contribution in [0.15, 0.2) is 24.7 Å². The molecule has 2 aromatic rings. The first-order valence-electron chi connectivity index (χ1n) is 5.91. The number of rotatable bonds is 6. The Morgan fingerprint density at radius 3 is 3.00 bits per heavy atom. The number of hydrogen-bond donors (Lipinski definition) is 1. The first-order valence-corrected chi connectivity index (χ1v) is 5.91. The van der Waals surface area contributed by atoms with Crippen LogP contribution in [0.4, 0.5) is 11.6 Å². The second kappa shape index (κ2) is 5.89. The summed E-state index contributed by atoms with van der Waals surface area (Å²) in [7, 11) is 0. The fraction of sp³-hybridized carbons (Fsp3) is 0.364. The van der Waals surface area contributed by atoms with E-state index < -0.39 is 10.9 Å². The SMILES string of the molecule is CCCNc1ccnc(Cn2cnc([N+](=O)[O-])n2)c1. The van der Waals surface area contributed by atoms with E-state index >= 15 is 0 Å². The summed E-state index contributed by atoms with van der Waals surface area (Å²) in [6.07, 6.45) is 4.05. The van der Waals surface area contributed by atoms with Gasteiger partial charge in [0.2, 0.25) is 6.33 Å². The Morgan fingerprint density at radius 2 is 2.32 bits per heavy atom. The maximum absolute atomic E-state index is 10.5. The standard InChI is InChI=1S/C11H14N6O2/c1-2-4-12-9-3-5-13-10(6-9)7-16-8-14-11(15-16)17(18)19/h3,5-6,8H,2,4,7H2,1H3,(H,12,13). The van der Waals surface area contributed by atoms with Gasteiger partial charge in [0.1, 0.15) is 6.54 Å². The van der Waals surface area contributed by atoms with Crippen LogP contribution < -0.4 is 5.32 Å². The summed E-state index contributed by atoms with van der Waals surface area (Å²) in [5.74, 6) is -0.403. The van der Waals surface area contributed by atoms with Crippen molar-refractivity contribution >= 4 is 11.6 Å². The monoisotopic (exact) mass is 262 g/mol. The molecule has 100 valence electrons. The van der Waals surface area contributed by atoms with E-state index in [-0.39, 0.29) is 0 Å². The highest BCUT2D eigenvalue weighted by Crippen LogP contribution is 2.09. The predicted octanol–water partition coefficient (Wildman–Crippen LogP) is 1.45. The molecule has 0 aromatic carbocycles.